The second-order valence-electron chi connectivity index (χ2n) is 3.79. The third-order valence-electron chi connectivity index (χ3n) is 3.00. The summed E-state index contributed by atoms with van der Waals surface area (Å²) in [6.07, 6.45) is 2.50. The van der Waals surface area contributed by atoms with Gasteiger partial charge in [-0.3, -0.25) is 9.59 Å². The minimum atomic E-state index is 0.0243. The lowest BCUT2D eigenvalue weighted by Crippen LogP contribution is -2.28. The van der Waals surface area contributed by atoms with Crippen LogP contribution in [0.4, 0.5) is 0 Å². The first-order valence-electron chi connectivity index (χ1n) is 4.48. The fraction of sp³-hybridized carbons (Fsp3) is 0.778. The standard InChI is InChI=1S/C9H13NO2/c1-10-5-7-6(9(10)12)3-2-4-8(7)11/h6-7H,2-5H2,1H3/t6-,7-/m0/s1. The van der Waals surface area contributed by atoms with Crippen molar-refractivity contribution < 1.29 is 9.59 Å². The number of ketones is 1. The number of hydrogen-bond donors (Lipinski definition) is 0. The molecule has 0 aromatic rings. The number of amides is 1. The van der Waals surface area contributed by atoms with Gasteiger partial charge in [-0.25, -0.2) is 0 Å². The van der Waals surface area contributed by atoms with Gasteiger partial charge in [0.25, 0.3) is 0 Å². The molecule has 1 saturated carbocycles. The maximum absolute atomic E-state index is 11.5. The molecule has 1 aliphatic heterocycles. The Morgan fingerprint density at radius 3 is 2.75 bits per heavy atom. The summed E-state index contributed by atoms with van der Waals surface area (Å²) in [5.74, 6) is 0.518. The Morgan fingerprint density at radius 2 is 2.08 bits per heavy atom. The summed E-state index contributed by atoms with van der Waals surface area (Å²) in [4.78, 5) is 24.5. The van der Waals surface area contributed by atoms with Crippen LogP contribution in [0.5, 0.6) is 0 Å². The molecule has 0 unspecified atom stereocenters. The van der Waals surface area contributed by atoms with Crippen molar-refractivity contribution in [3.8, 4) is 0 Å². The Hall–Kier alpha value is -0.860. The first-order chi connectivity index (χ1) is 5.70. The Labute approximate surface area is 71.7 Å². The maximum Gasteiger partial charge on any atom is 0.226 e. The van der Waals surface area contributed by atoms with Crippen molar-refractivity contribution in [1.82, 2.24) is 4.90 Å². The van der Waals surface area contributed by atoms with E-state index >= 15 is 0 Å². The summed E-state index contributed by atoms with van der Waals surface area (Å²) < 4.78 is 0. The van der Waals surface area contributed by atoms with Crippen molar-refractivity contribution in [2.75, 3.05) is 13.6 Å². The van der Waals surface area contributed by atoms with Crippen LogP contribution >= 0.6 is 0 Å². The van der Waals surface area contributed by atoms with Crippen LogP contribution in [0.1, 0.15) is 19.3 Å². The molecule has 0 aromatic carbocycles. The van der Waals surface area contributed by atoms with Crippen LogP contribution in [-0.4, -0.2) is 30.2 Å². The molecule has 12 heavy (non-hydrogen) atoms. The van der Waals surface area contributed by atoms with Crippen LogP contribution in [0.2, 0.25) is 0 Å². The highest BCUT2D eigenvalue weighted by Gasteiger charge is 2.43. The van der Waals surface area contributed by atoms with E-state index in [1.165, 1.54) is 0 Å². The van der Waals surface area contributed by atoms with E-state index in [9.17, 15) is 9.59 Å². The van der Waals surface area contributed by atoms with Crippen molar-refractivity contribution >= 4 is 11.7 Å². The number of fused-ring (bicyclic) bond motifs is 1. The highest BCUT2D eigenvalue weighted by molar-refractivity contribution is 5.93. The average molecular weight is 167 g/mol. The Bertz CT molecular complexity index is 237. The molecule has 0 aromatic heterocycles. The molecule has 1 amide bonds. The zero-order valence-electron chi connectivity index (χ0n) is 7.25. The van der Waals surface area contributed by atoms with Crippen molar-refractivity contribution in [2.45, 2.75) is 19.3 Å². The van der Waals surface area contributed by atoms with Gasteiger partial charge in [-0.05, 0) is 12.8 Å². The van der Waals surface area contributed by atoms with E-state index in [0.717, 1.165) is 12.8 Å². The van der Waals surface area contributed by atoms with Crippen LogP contribution in [0.15, 0.2) is 0 Å². The van der Waals surface area contributed by atoms with Crippen molar-refractivity contribution in [1.29, 1.82) is 0 Å². The molecule has 0 bridgehead atoms. The molecule has 2 aliphatic rings. The van der Waals surface area contributed by atoms with Gasteiger partial charge >= 0.3 is 0 Å². The van der Waals surface area contributed by atoms with E-state index in [1.54, 1.807) is 11.9 Å². The Morgan fingerprint density at radius 1 is 1.33 bits per heavy atom. The molecule has 1 saturated heterocycles. The second-order valence-corrected chi connectivity index (χ2v) is 3.79. The number of likely N-dealkylation sites (tertiary alicyclic amines) is 1. The number of Topliss-reactive ketones (excluding diaryl/α,β-unsaturated/α-hetero) is 1. The summed E-state index contributed by atoms with van der Waals surface area (Å²) >= 11 is 0. The lowest BCUT2D eigenvalue weighted by Gasteiger charge is -2.20. The molecule has 2 atom stereocenters. The molecule has 66 valence electrons. The van der Waals surface area contributed by atoms with E-state index in [1.807, 2.05) is 0 Å². The number of hydrogen-bond acceptors (Lipinski definition) is 2. The van der Waals surface area contributed by atoms with Gasteiger partial charge in [-0.15, -0.1) is 0 Å². The van der Waals surface area contributed by atoms with E-state index in [4.69, 9.17) is 0 Å². The molecule has 0 N–H and O–H groups in total. The molecule has 1 aliphatic carbocycles. The smallest absolute Gasteiger partial charge is 0.226 e. The van der Waals surface area contributed by atoms with Gasteiger partial charge in [-0.1, -0.05) is 0 Å². The zero-order chi connectivity index (χ0) is 8.72. The summed E-state index contributed by atoms with van der Waals surface area (Å²) in [6.45, 7) is 0.655. The fourth-order valence-electron chi connectivity index (χ4n) is 2.30. The van der Waals surface area contributed by atoms with Gasteiger partial charge < -0.3 is 4.90 Å². The highest BCUT2D eigenvalue weighted by atomic mass is 16.2. The van der Waals surface area contributed by atoms with Gasteiger partial charge in [0.15, 0.2) is 0 Å². The molecular formula is C9H13NO2. The predicted octanol–water partition coefficient (Wildman–Crippen LogP) is 0.444. The van der Waals surface area contributed by atoms with Gasteiger partial charge in [0.1, 0.15) is 5.78 Å². The first kappa shape index (κ1) is 7.77. The summed E-state index contributed by atoms with van der Waals surface area (Å²) in [5, 5.41) is 0. The summed E-state index contributed by atoms with van der Waals surface area (Å²) in [6, 6.07) is 0. The van der Waals surface area contributed by atoms with E-state index in [2.05, 4.69) is 0 Å². The van der Waals surface area contributed by atoms with E-state index in [0.29, 0.717) is 18.7 Å². The van der Waals surface area contributed by atoms with Crippen LogP contribution in [0.3, 0.4) is 0 Å². The number of carbonyl (C=O) groups is 2. The molecule has 1 heterocycles. The molecule has 0 radical (unpaired) electrons. The van der Waals surface area contributed by atoms with Gasteiger partial charge in [-0.2, -0.15) is 0 Å². The van der Waals surface area contributed by atoms with Crippen LogP contribution in [0.25, 0.3) is 0 Å². The van der Waals surface area contributed by atoms with Crippen molar-refractivity contribution in [3.63, 3.8) is 0 Å². The van der Waals surface area contributed by atoms with Crippen LogP contribution in [-0.2, 0) is 9.59 Å². The number of nitrogens with zero attached hydrogens (tertiary/aromatic N) is 1. The SMILES string of the molecule is CN1C[C@@H]2C(=O)CCC[C@@H]2C1=O. The zero-order valence-corrected chi connectivity index (χ0v) is 7.25. The largest absolute Gasteiger partial charge is 0.345 e. The molecular weight excluding hydrogens is 154 g/mol. The van der Waals surface area contributed by atoms with Gasteiger partial charge in [0, 0.05) is 31.8 Å². The van der Waals surface area contributed by atoms with Gasteiger partial charge in [0.05, 0.1) is 0 Å². The second kappa shape index (κ2) is 2.57. The Kier molecular flexibility index (Phi) is 1.67. The predicted molar refractivity (Wildman–Crippen MR) is 43.5 cm³/mol. The summed E-state index contributed by atoms with van der Waals surface area (Å²) in [7, 11) is 1.79. The van der Waals surface area contributed by atoms with Crippen LogP contribution < -0.4 is 0 Å². The lowest BCUT2D eigenvalue weighted by atomic mass is 9.80. The monoisotopic (exact) mass is 167 g/mol. The van der Waals surface area contributed by atoms with Crippen molar-refractivity contribution in [2.24, 2.45) is 11.8 Å². The molecule has 3 heteroatoms. The third kappa shape index (κ3) is 0.958. The normalized spacial score (nSPS) is 35.6. The molecule has 0 spiro atoms. The molecule has 2 fully saturated rings. The highest BCUT2D eigenvalue weighted by Crippen LogP contribution is 2.33. The lowest BCUT2D eigenvalue weighted by molar-refractivity contribution is -0.133. The minimum absolute atomic E-state index is 0.0243. The number of rotatable bonds is 0. The molecule has 3 nitrogen and oxygen atoms in total. The topological polar surface area (TPSA) is 37.4 Å². The maximum atomic E-state index is 11.5. The van der Waals surface area contributed by atoms with E-state index in [-0.39, 0.29) is 17.7 Å². The molecule has 2 rings (SSSR count). The first-order valence-corrected chi connectivity index (χ1v) is 4.48. The third-order valence-corrected chi connectivity index (χ3v) is 3.00. The quantitative estimate of drug-likeness (QED) is 0.525. The number of carbonyl (C=O) groups excluding carboxylic acids is 2. The van der Waals surface area contributed by atoms with Crippen molar-refractivity contribution in [3.05, 3.63) is 0 Å². The van der Waals surface area contributed by atoms with Gasteiger partial charge in [0.2, 0.25) is 5.91 Å². The summed E-state index contributed by atoms with van der Waals surface area (Å²) in [5.41, 5.74) is 0. The van der Waals surface area contributed by atoms with E-state index < -0.39 is 0 Å². The fourth-order valence-corrected chi connectivity index (χ4v) is 2.30. The Balaban J connectivity index is 2.21. The average Bonchev–Trinajstić information content (AvgIpc) is 2.32. The minimum Gasteiger partial charge on any atom is -0.345 e. The van der Waals surface area contributed by atoms with Crippen LogP contribution in [0, 0.1) is 11.8 Å².